The zero-order valence-electron chi connectivity index (χ0n) is 7.63. The van der Waals surface area contributed by atoms with E-state index in [-0.39, 0.29) is 5.69 Å². The maximum absolute atomic E-state index is 13.1. The molecule has 0 saturated carbocycles. The summed E-state index contributed by atoms with van der Waals surface area (Å²) in [5.74, 6) is -0.428. The summed E-state index contributed by atoms with van der Waals surface area (Å²) in [6.45, 7) is 0. The van der Waals surface area contributed by atoms with E-state index in [1.54, 1.807) is 12.1 Å². The number of thiophene rings is 1. The van der Waals surface area contributed by atoms with Crippen molar-refractivity contribution in [3.05, 3.63) is 40.5 Å². The number of rotatable bonds is 2. The highest BCUT2D eigenvalue weighted by Gasteiger charge is 2.02. The van der Waals surface area contributed by atoms with Crippen LogP contribution in [-0.4, -0.2) is 0 Å². The molecule has 1 aromatic heterocycles. The summed E-state index contributed by atoms with van der Waals surface area (Å²) in [7, 11) is 0. The molecule has 1 aromatic carbocycles. The van der Waals surface area contributed by atoms with Gasteiger partial charge in [-0.2, -0.15) is 0 Å². The first-order valence-electron chi connectivity index (χ1n) is 4.22. The van der Waals surface area contributed by atoms with E-state index in [1.807, 2.05) is 6.07 Å². The fourth-order valence-corrected chi connectivity index (χ4v) is 2.09. The third-order valence-electron chi connectivity index (χ3n) is 1.84. The van der Waals surface area contributed by atoms with E-state index in [2.05, 4.69) is 5.32 Å². The Morgan fingerprint density at radius 3 is 2.67 bits per heavy atom. The molecular weight excluding hydrogens is 235 g/mol. The van der Waals surface area contributed by atoms with Crippen molar-refractivity contribution in [2.75, 3.05) is 11.1 Å². The maximum atomic E-state index is 13.1. The number of nitrogens with two attached hydrogens (primary N) is 1. The molecule has 0 atom stereocenters. The molecular formula is C10H8ClFN2S. The number of hydrogen-bond acceptors (Lipinski definition) is 3. The normalized spacial score (nSPS) is 10.3. The fraction of sp³-hybridized carbons (Fsp3) is 0. The first-order valence-corrected chi connectivity index (χ1v) is 5.42. The van der Waals surface area contributed by atoms with Crippen LogP contribution in [0.5, 0.6) is 0 Å². The second kappa shape index (κ2) is 4.08. The van der Waals surface area contributed by atoms with Gasteiger partial charge in [0.2, 0.25) is 0 Å². The molecule has 2 aromatic rings. The van der Waals surface area contributed by atoms with Gasteiger partial charge in [-0.3, -0.25) is 0 Å². The van der Waals surface area contributed by atoms with Gasteiger partial charge >= 0.3 is 0 Å². The highest BCUT2D eigenvalue weighted by atomic mass is 35.5. The van der Waals surface area contributed by atoms with E-state index in [4.69, 9.17) is 17.3 Å². The lowest BCUT2D eigenvalue weighted by Gasteiger charge is -2.04. The second-order valence-electron chi connectivity index (χ2n) is 2.97. The predicted molar refractivity (Wildman–Crippen MR) is 63.4 cm³/mol. The van der Waals surface area contributed by atoms with E-state index < -0.39 is 5.82 Å². The fourth-order valence-electron chi connectivity index (χ4n) is 1.13. The maximum Gasteiger partial charge on any atom is 0.148 e. The average Bonchev–Trinajstić information content (AvgIpc) is 2.58. The zero-order chi connectivity index (χ0) is 10.8. The van der Waals surface area contributed by atoms with Crippen LogP contribution in [0.3, 0.4) is 0 Å². The molecule has 0 saturated heterocycles. The van der Waals surface area contributed by atoms with Crippen molar-refractivity contribution in [3.63, 3.8) is 0 Å². The molecule has 2 rings (SSSR count). The molecule has 0 amide bonds. The molecule has 0 aliphatic heterocycles. The number of anilines is 3. The Balaban J connectivity index is 2.21. The van der Waals surface area contributed by atoms with E-state index in [0.717, 1.165) is 5.00 Å². The monoisotopic (exact) mass is 242 g/mol. The molecule has 0 spiro atoms. The molecule has 0 aliphatic carbocycles. The SMILES string of the molecule is Nc1ccc(Nc2ccc(Cl)s2)cc1F. The largest absolute Gasteiger partial charge is 0.396 e. The van der Waals surface area contributed by atoms with Crippen LogP contribution in [0.15, 0.2) is 30.3 Å². The molecule has 0 aliphatic rings. The van der Waals surface area contributed by atoms with Crippen LogP contribution in [0.2, 0.25) is 4.34 Å². The molecule has 15 heavy (non-hydrogen) atoms. The number of hydrogen-bond donors (Lipinski definition) is 2. The van der Waals surface area contributed by atoms with Gasteiger partial charge in [0.15, 0.2) is 0 Å². The van der Waals surface area contributed by atoms with Crippen LogP contribution in [0.1, 0.15) is 0 Å². The van der Waals surface area contributed by atoms with Crippen molar-refractivity contribution < 1.29 is 4.39 Å². The van der Waals surface area contributed by atoms with Crippen LogP contribution in [0, 0.1) is 5.82 Å². The lowest BCUT2D eigenvalue weighted by atomic mass is 10.3. The molecule has 0 unspecified atom stereocenters. The van der Waals surface area contributed by atoms with Crippen molar-refractivity contribution in [1.82, 2.24) is 0 Å². The lowest BCUT2D eigenvalue weighted by Crippen LogP contribution is -1.93. The predicted octanol–water partition coefficient (Wildman–Crippen LogP) is 3.87. The lowest BCUT2D eigenvalue weighted by molar-refractivity contribution is 0.633. The third-order valence-corrected chi connectivity index (χ3v) is 2.99. The standard InChI is InChI=1S/C10H8ClFN2S/c11-9-3-4-10(15-9)14-6-1-2-8(13)7(12)5-6/h1-5,14H,13H2. The Kier molecular flexibility index (Phi) is 2.79. The van der Waals surface area contributed by atoms with E-state index in [1.165, 1.54) is 23.5 Å². The summed E-state index contributed by atoms with van der Waals surface area (Å²) in [5.41, 5.74) is 6.16. The highest BCUT2D eigenvalue weighted by molar-refractivity contribution is 7.19. The van der Waals surface area contributed by atoms with E-state index in [0.29, 0.717) is 10.0 Å². The van der Waals surface area contributed by atoms with Crippen molar-refractivity contribution in [3.8, 4) is 0 Å². The molecule has 0 bridgehead atoms. The van der Waals surface area contributed by atoms with Crippen molar-refractivity contribution in [1.29, 1.82) is 0 Å². The van der Waals surface area contributed by atoms with Gasteiger partial charge < -0.3 is 11.1 Å². The molecule has 5 heteroatoms. The first-order chi connectivity index (χ1) is 7.15. The van der Waals surface area contributed by atoms with Gasteiger partial charge in [-0.1, -0.05) is 11.6 Å². The quantitative estimate of drug-likeness (QED) is 0.785. The van der Waals surface area contributed by atoms with E-state index >= 15 is 0 Å². The van der Waals surface area contributed by atoms with Crippen molar-refractivity contribution >= 4 is 39.3 Å². The Morgan fingerprint density at radius 1 is 1.27 bits per heavy atom. The van der Waals surface area contributed by atoms with Gasteiger partial charge in [0.25, 0.3) is 0 Å². The molecule has 0 fully saturated rings. The van der Waals surface area contributed by atoms with Crippen LogP contribution in [0.4, 0.5) is 20.8 Å². The smallest absolute Gasteiger partial charge is 0.148 e. The molecule has 2 nitrogen and oxygen atoms in total. The minimum absolute atomic E-state index is 0.143. The molecule has 3 N–H and O–H groups in total. The Labute approximate surface area is 95.5 Å². The average molecular weight is 243 g/mol. The number of benzene rings is 1. The first kappa shape index (κ1) is 10.3. The van der Waals surface area contributed by atoms with Gasteiger partial charge in [0.05, 0.1) is 15.0 Å². The molecule has 0 radical (unpaired) electrons. The zero-order valence-corrected chi connectivity index (χ0v) is 9.20. The van der Waals surface area contributed by atoms with Crippen LogP contribution in [-0.2, 0) is 0 Å². The van der Waals surface area contributed by atoms with Crippen LogP contribution >= 0.6 is 22.9 Å². The minimum Gasteiger partial charge on any atom is -0.396 e. The summed E-state index contributed by atoms with van der Waals surface area (Å²) in [6.07, 6.45) is 0. The van der Waals surface area contributed by atoms with Gasteiger partial charge in [0, 0.05) is 5.69 Å². The summed E-state index contributed by atoms with van der Waals surface area (Å²) in [5, 5.41) is 3.90. The Hall–Kier alpha value is -1.26. The summed E-state index contributed by atoms with van der Waals surface area (Å²) >= 11 is 7.16. The van der Waals surface area contributed by atoms with Crippen molar-refractivity contribution in [2.24, 2.45) is 0 Å². The summed E-state index contributed by atoms with van der Waals surface area (Å²) < 4.78 is 13.8. The molecule has 1 heterocycles. The number of halogens is 2. The number of nitrogen functional groups attached to an aromatic ring is 1. The molecule has 78 valence electrons. The van der Waals surface area contributed by atoms with E-state index in [9.17, 15) is 4.39 Å². The van der Waals surface area contributed by atoms with Gasteiger partial charge in [-0.05, 0) is 30.3 Å². The van der Waals surface area contributed by atoms with Crippen LogP contribution < -0.4 is 11.1 Å². The van der Waals surface area contributed by atoms with Gasteiger partial charge in [-0.25, -0.2) is 4.39 Å². The third kappa shape index (κ3) is 2.40. The van der Waals surface area contributed by atoms with Gasteiger partial charge in [0.1, 0.15) is 5.82 Å². The Morgan fingerprint density at radius 2 is 2.07 bits per heavy atom. The Bertz CT molecular complexity index is 484. The van der Waals surface area contributed by atoms with Crippen molar-refractivity contribution in [2.45, 2.75) is 0 Å². The number of nitrogens with one attached hydrogen (secondary N) is 1. The van der Waals surface area contributed by atoms with Gasteiger partial charge in [-0.15, -0.1) is 11.3 Å². The topological polar surface area (TPSA) is 38.0 Å². The second-order valence-corrected chi connectivity index (χ2v) is 4.68. The summed E-state index contributed by atoms with van der Waals surface area (Å²) in [4.78, 5) is 0. The minimum atomic E-state index is -0.428. The van der Waals surface area contributed by atoms with Crippen LogP contribution in [0.25, 0.3) is 0 Å². The summed E-state index contributed by atoms with van der Waals surface area (Å²) in [6, 6.07) is 8.20. The highest BCUT2D eigenvalue weighted by Crippen LogP contribution is 2.29.